The number of aldehydes is 1. The van der Waals surface area contributed by atoms with E-state index in [2.05, 4.69) is 6.92 Å². The number of carbonyl (C=O) groups excluding carboxylic acids is 3. The maximum atomic E-state index is 12.3. The van der Waals surface area contributed by atoms with Gasteiger partial charge < -0.3 is 15.0 Å². The number of rotatable bonds is 3. The van der Waals surface area contributed by atoms with Crippen molar-refractivity contribution in [2.45, 2.75) is 58.0 Å². The molecule has 4 rings (SSSR count). The predicted octanol–water partition coefficient (Wildman–Crippen LogP) is 1.85. The molecule has 2 N–H and O–H groups in total. The zero-order chi connectivity index (χ0) is 18.7. The Balaban J connectivity index is 1.74. The van der Waals surface area contributed by atoms with Gasteiger partial charge in [-0.05, 0) is 67.8 Å². The van der Waals surface area contributed by atoms with Gasteiger partial charge in [0.05, 0.1) is 6.10 Å². The molecule has 0 heterocycles. The molecule has 142 valence electrons. The molecule has 0 aromatic rings. The van der Waals surface area contributed by atoms with Gasteiger partial charge in [0.1, 0.15) is 12.9 Å². The zero-order valence-corrected chi connectivity index (χ0v) is 15.3. The first-order chi connectivity index (χ1) is 12.4. The molecule has 4 aliphatic carbocycles. The van der Waals surface area contributed by atoms with Crippen LogP contribution in [0.4, 0.5) is 0 Å². The summed E-state index contributed by atoms with van der Waals surface area (Å²) in [5, 5.41) is 20.5. The Hall–Kier alpha value is -1.33. The molecule has 0 saturated heterocycles. The number of aliphatic hydroxyl groups excluding tert-OH is 2. The summed E-state index contributed by atoms with van der Waals surface area (Å²) in [5.41, 5.74) is 0.140. The molecule has 0 radical (unpaired) electrons. The van der Waals surface area contributed by atoms with Gasteiger partial charge in [-0.3, -0.25) is 9.59 Å². The third-order valence-corrected chi connectivity index (χ3v) is 8.27. The van der Waals surface area contributed by atoms with Crippen LogP contribution in [0.2, 0.25) is 0 Å². The summed E-state index contributed by atoms with van der Waals surface area (Å²) in [6.45, 7) is 1.63. The smallest absolute Gasteiger partial charge is 0.162 e. The Bertz CT molecular complexity index is 682. The van der Waals surface area contributed by atoms with Crippen molar-refractivity contribution >= 4 is 17.9 Å². The second-order valence-electron chi connectivity index (χ2n) is 9.14. The SMILES string of the molecule is C[C@]12CCC(=O)C=C1CC[C@@H]1[C@H]2[C@@H](O)C[C@]2(C=O)[C@@H]1CC[C@H]2C(=O)CO. The van der Waals surface area contributed by atoms with Crippen molar-refractivity contribution < 1.29 is 24.6 Å². The fourth-order valence-electron chi connectivity index (χ4n) is 7.18. The van der Waals surface area contributed by atoms with Crippen LogP contribution in [0.1, 0.15) is 51.9 Å². The molecule has 5 nitrogen and oxygen atoms in total. The van der Waals surface area contributed by atoms with E-state index in [1.165, 1.54) is 0 Å². The minimum atomic E-state index is -0.831. The van der Waals surface area contributed by atoms with Crippen LogP contribution in [-0.2, 0) is 14.4 Å². The highest BCUT2D eigenvalue weighted by atomic mass is 16.3. The maximum absolute atomic E-state index is 12.3. The Morgan fingerprint density at radius 2 is 2.08 bits per heavy atom. The van der Waals surface area contributed by atoms with Crippen LogP contribution >= 0.6 is 0 Å². The number of ketones is 2. The van der Waals surface area contributed by atoms with Gasteiger partial charge in [-0.25, -0.2) is 0 Å². The molecule has 0 spiro atoms. The van der Waals surface area contributed by atoms with Crippen LogP contribution in [0, 0.1) is 34.5 Å². The number of carbonyl (C=O) groups is 3. The molecular formula is C21H28O5. The van der Waals surface area contributed by atoms with Gasteiger partial charge in [0.2, 0.25) is 0 Å². The number of aliphatic hydroxyl groups is 2. The average Bonchev–Trinajstić information content (AvgIpc) is 3.00. The van der Waals surface area contributed by atoms with Crippen LogP contribution in [0.15, 0.2) is 11.6 Å². The van der Waals surface area contributed by atoms with Gasteiger partial charge in [0.15, 0.2) is 11.6 Å². The van der Waals surface area contributed by atoms with E-state index in [-0.39, 0.29) is 34.7 Å². The molecule has 5 heteroatoms. The molecule has 4 aliphatic rings. The van der Waals surface area contributed by atoms with Crippen molar-refractivity contribution in [1.82, 2.24) is 0 Å². The fraction of sp³-hybridized carbons (Fsp3) is 0.762. The lowest BCUT2D eigenvalue weighted by Crippen LogP contribution is -2.58. The van der Waals surface area contributed by atoms with Gasteiger partial charge >= 0.3 is 0 Å². The number of hydrogen-bond donors (Lipinski definition) is 2. The third kappa shape index (κ3) is 2.26. The van der Waals surface area contributed by atoms with E-state index in [0.717, 1.165) is 37.5 Å². The summed E-state index contributed by atoms with van der Waals surface area (Å²) in [7, 11) is 0. The van der Waals surface area contributed by atoms with Gasteiger partial charge in [0.25, 0.3) is 0 Å². The van der Waals surface area contributed by atoms with Crippen molar-refractivity contribution in [2.24, 2.45) is 34.5 Å². The molecule has 0 unspecified atom stereocenters. The van der Waals surface area contributed by atoms with Crippen LogP contribution < -0.4 is 0 Å². The molecule has 7 atom stereocenters. The van der Waals surface area contributed by atoms with Crippen molar-refractivity contribution in [2.75, 3.05) is 6.61 Å². The van der Waals surface area contributed by atoms with Gasteiger partial charge in [-0.1, -0.05) is 12.5 Å². The van der Waals surface area contributed by atoms with Crippen LogP contribution in [-0.4, -0.2) is 40.8 Å². The van der Waals surface area contributed by atoms with Crippen LogP contribution in [0.3, 0.4) is 0 Å². The summed E-state index contributed by atoms with van der Waals surface area (Å²) in [5.74, 6) is -0.241. The first-order valence-electron chi connectivity index (χ1n) is 9.89. The van der Waals surface area contributed by atoms with Gasteiger partial charge in [-0.2, -0.15) is 0 Å². The molecule has 3 saturated carbocycles. The number of hydrogen-bond acceptors (Lipinski definition) is 5. The number of allylic oxidation sites excluding steroid dienone is 1. The molecule has 26 heavy (non-hydrogen) atoms. The summed E-state index contributed by atoms with van der Waals surface area (Å²) in [4.78, 5) is 36.4. The maximum Gasteiger partial charge on any atom is 0.162 e. The van der Waals surface area contributed by atoms with Crippen molar-refractivity contribution in [3.8, 4) is 0 Å². The number of fused-ring (bicyclic) bond motifs is 5. The quantitative estimate of drug-likeness (QED) is 0.750. The molecule has 0 aromatic heterocycles. The molecule has 0 amide bonds. The largest absolute Gasteiger partial charge is 0.393 e. The summed E-state index contributed by atoms with van der Waals surface area (Å²) in [6.07, 6.45) is 6.75. The van der Waals surface area contributed by atoms with E-state index in [9.17, 15) is 24.6 Å². The first-order valence-corrected chi connectivity index (χ1v) is 9.89. The van der Waals surface area contributed by atoms with Gasteiger partial charge in [-0.15, -0.1) is 0 Å². The van der Waals surface area contributed by atoms with E-state index in [0.29, 0.717) is 19.3 Å². The standard InChI is InChI=1S/C21H28O5/c1-20-7-6-13(24)8-12(20)2-3-14-15-4-5-16(18(26)10-22)21(15,11-23)9-17(25)19(14)20/h8,11,14-17,19,22,25H,2-7,9-10H2,1H3/t14-,15+,16-,17-,19-,20-,21-/m0/s1. The minimum absolute atomic E-state index is 0.0386. The Morgan fingerprint density at radius 1 is 1.31 bits per heavy atom. The Labute approximate surface area is 153 Å². The molecule has 0 bridgehead atoms. The Kier molecular flexibility index (Phi) is 4.23. The minimum Gasteiger partial charge on any atom is -0.393 e. The Morgan fingerprint density at radius 3 is 2.77 bits per heavy atom. The molecule has 0 aliphatic heterocycles. The normalized spacial score (nSPS) is 47.4. The number of Topliss-reactive ketones (excluding diaryl/α,β-unsaturated/α-hetero) is 1. The van der Waals surface area contributed by atoms with Gasteiger partial charge in [0, 0.05) is 17.8 Å². The average molecular weight is 360 g/mol. The van der Waals surface area contributed by atoms with E-state index in [4.69, 9.17) is 0 Å². The fourth-order valence-corrected chi connectivity index (χ4v) is 7.18. The highest BCUT2D eigenvalue weighted by molar-refractivity contribution is 5.91. The lowest BCUT2D eigenvalue weighted by Gasteiger charge is -2.59. The summed E-state index contributed by atoms with van der Waals surface area (Å²) in [6, 6.07) is 0. The third-order valence-electron chi connectivity index (χ3n) is 8.27. The highest BCUT2D eigenvalue weighted by Gasteiger charge is 2.64. The second-order valence-corrected chi connectivity index (χ2v) is 9.14. The highest BCUT2D eigenvalue weighted by Crippen LogP contribution is 2.66. The summed E-state index contributed by atoms with van der Waals surface area (Å²) >= 11 is 0. The van der Waals surface area contributed by atoms with E-state index >= 15 is 0 Å². The van der Waals surface area contributed by atoms with E-state index in [1.807, 2.05) is 0 Å². The van der Waals surface area contributed by atoms with E-state index in [1.54, 1.807) is 6.08 Å². The lowest BCUT2D eigenvalue weighted by atomic mass is 9.45. The topological polar surface area (TPSA) is 91.7 Å². The van der Waals surface area contributed by atoms with Crippen molar-refractivity contribution in [1.29, 1.82) is 0 Å². The van der Waals surface area contributed by atoms with E-state index < -0.39 is 24.0 Å². The monoisotopic (exact) mass is 360 g/mol. The predicted molar refractivity (Wildman–Crippen MR) is 94.1 cm³/mol. The second kappa shape index (κ2) is 6.10. The molecule has 0 aromatic carbocycles. The van der Waals surface area contributed by atoms with Crippen molar-refractivity contribution in [3.05, 3.63) is 11.6 Å². The van der Waals surface area contributed by atoms with Crippen molar-refractivity contribution in [3.63, 3.8) is 0 Å². The first kappa shape index (κ1) is 18.1. The molecular weight excluding hydrogens is 332 g/mol. The molecule has 3 fully saturated rings. The zero-order valence-electron chi connectivity index (χ0n) is 15.3. The lowest BCUT2D eigenvalue weighted by molar-refractivity contribution is -0.157. The van der Waals surface area contributed by atoms with Crippen LogP contribution in [0.5, 0.6) is 0 Å². The summed E-state index contributed by atoms with van der Waals surface area (Å²) < 4.78 is 0. The van der Waals surface area contributed by atoms with Crippen LogP contribution in [0.25, 0.3) is 0 Å².